The Morgan fingerprint density at radius 3 is 2.55 bits per heavy atom. The molecule has 158 valence electrons. The van der Waals surface area contributed by atoms with Gasteiger partial charge in [0.1, 0.15) is 0 Å². The lowest BCUT2D eigenvalue weighted by atomic mass is 10.0. The van der Waals surface area contributed by atoms with Crippen LogP contribution in [0.2, 0.25) is 0 Å². The van der Waals surface area contributed by atoms with Crippen LogP contribution in [0, 0.1) is 5.92 Å². The van der Waals surface area contributed by atoms with Gasteiger partial charge in [-0.2, -0.15) is 0 Å². The van der Waals surface area contributed by atoms with Gasteiger partial charge >= 0.3 is 0 Å². The summed E-state index contributed by atoms with van der Waals surface area (Å²) >= 11 is 1.55. The molecule has 1 saturated heterocycles. The van der Waals surface area contributed by atoms with Gasteiger partial charge in [-0.25, -0.2) is 0 Å². The van der Waals surface area contributed by atoms with Gasteiger partial charge in [0.05, 0.1) is 35.1 Å². The summed E-state index contributed by atoms with van der Waals surface area (Å²) in [5.74, 6) is -0.822. The molecule has 0 spiro atoms. The number of thiazole rings is 1. The Hall–Kier alpha value is -1.84. The summed E-state index contributed by atoms with van der Waals surface area (Å²) in [4.78, 5) is 32.3. The number of carbonyl (C=O) groups excluding carboxylic acids is 2. The smallest absolute Gasteiger partial charge is 0.246 e. The topological polar surface area (TPSA) is 109 Å². The summed E-state index contributed by atoms with van der Waals surface area (Å²) < 4.78 is 0. The Morgan fingerprint density at radius 2 is 2.03 bits per heavy atom. The van der Waals surface area contributed by atoms with Crippen LogP contribution in [0.4, 0.5) is 0 Å². The number of amides is 2. The highest BCUT2D eigenvalue weighted by molar-refractivity contribution is 7.13. The van der Waals surface area contributed by atoms with E-state index >= 15 is 0 Å². The summed E-state index contributed by atoms with van der Waals surface area (Å²) in [6.07, 6.45) is 1.52. The van der Waals surface area contributed by atoms with E-state index in [-0.39, 0.29) is 30.8 Å². The number of hydrogen-bond donors (Lipinski definition) is 3. The van der Waals surface area contributed by atoms with Crippen LogP contribution in [-0.4, -0.2) is 51.5 Å². The van der Waals surface area contributed by atoms with Crippen molar-refractivity contribution in [1.82, 2.24) is 15.2 Å². The van der Waals surface area contributed by atoms with Crippen LogP contribution in [0.15, 0.2) is 36.0 Å². The summed E-state index contributed by atoms with van der Waals surface area (Å²) in [5, 5.41) is 12.7. The number of hydrogen-bond acceptors (Lipinski definition) is 7. The molecule has 3 atom stereocenters. The Labute approximate surface area is 180 Å². The van der Waals surface area contributed by atoms with E-state index in [1.807, 2.05) is 38.1 Å². The molecule has 1 fully saturated rings. The number of aliphatic hydroxyl groups excluding tert-OH is 1. The zero-order chi connectivity index (χ0) is 20.3. The second-order valence-electron chi connectivity index (χ2n) is 7.45. The molecule has 7 nitrogen and oxygen atoms in total. The average Bonchev–Trinajstić information content (AvgIpc) is 3.36. The molecule has 1 aromatic heterocycles. The fourth-order valence-electron chi connectivity index (χ4n) is 3.14. The molecule has 0 radical (unpaired) electrons. The van der Waals surface area contributed by atoms with Crippen LogP contribution in [0.3, 0.4) is 0 Å². The van der Waals surface area contributed by atoms with Crippen LogP contribution in [0.5, 0.6) is 0 Å². The van der Waals surface area contributed by atoms with Crippen LogP contribution >= 0.6 is 23.7 Å². The zero-order valence-electron chi connectivity index (χ0n) is 16.4. The Morgan fingerprint density at radius 1 is 1.34 bits per heavy atom. The second-order valence-corrected chi connectivity index (χ2v) is 8.33. The van der Waals surface area contributed by atoms with E-state index in [2.05, 4.69) is 10.3 Å². The maximum atomic E-state index is 13.0. The molecule has 3 rings (SSSR count). The molecule has 2 amide bonds. The molecule has 0 saturated carbocycles. The molecular formula is C20H27ClN4O3S. The number of rotatable bonds is 6. The lowest BCUT2D eigenvalue weighted by Crippen LogP contribution is -2.53. The first kappa shape index (κ1) is 23.4. The van der Waals surface area contributed by atoms with E-state index in [1.54, 1.807) is 23.0 Å². The van der Waals surface area contributed by atoms with Crippen molar-refractivity contribution in [3.63, 3.8) is 0 Å². The molecule has 1 aliphatic heterocycles. The van der Waals surface area contributed by atoms with Crippen LogP contribution in [0.1, 0.15) is 25.8 Å². The minimum Gasteiger partial charge on any atom is -0.392 e. The molecule has 0 unspecified atom stereocenters. The van der Waals surface area contributed by atoms with Gasteiger partial charge in [0.25, 0.3) is 0 Å². The average molecular weight is 439 g/mol. The van der Waals surface area contributed by atoms with Crippen LogP contribution in [-0.2, 0) is 16.1 Å². The van der Waals surface area contributed by atoms with Gasteiger partial charge in [0, 0.05) is 12.7 Å². The standard InChI is InChI=1S/C20H26N4O3S.ClH/c1-12(2)18(21)20(27)24(19(26)16-7-15(25)8-23-16)10-13-3-5-14(6-4-13)17-9-22-11-28-17;/h3-6,9,11-12,15-16,18,23,25H,7-8,10,21H2,1-2H3;1H/t15-,16+,18+;/m1./s1. The first-order valence-electron chi connectivity index (χ1n) is 9.37. The number of halogens is 1. The van der Waals surface area contributed by atoms with E-state index in [0.29, 0.717) is 13.0 Å². The van der Waals surface area contributed by atoms with E-state index in [9.17, 15) is 14.7 Å². The molecule has 1 aromatic carbocycles. The molecule has 0 bridgehead atoms. The third kappa shape index (κ3) is 5.61. The SMILES string of the molecule is CC(C)[C@H](N)C(=O)N(Cc1ccc(-c2cncs2)cc1)C(=O)[C@@H]1C[C@@H](O)CN1.Cl. The molecule has 2 aromatic rings. The van der Waals surface area contributed by atoms with Crippen molar-refractivity contribution >= 4 is 35.6 Å². The number of nitrogens with one attached hydrogen (secondary N) is 1. The predicted molar refractivity (Wildman–Crippen MR) is 116 cm³/mol. The zero-order valence-corrected chi connectivity index (χ0v) is 18.1. The van der Waals surface area contributed by atoms with Gasteiger partial charge < -0.3 is 16.2 Å². The lowest BCUT2D eigenvalue weighted by Gasteiger charge is -2.28. The van der Waals surface area contributed by atoms with Crippen molar-refractivity contribution in [1.29, 1.82) is 0 Å². The minimum absolute atomic E-state index is 0. The second kappa shape index (κ2) is 10.3. The third-order valence-electron chi connectivity index (χ3n) is 4.95. The van der Waals surface area contributed by atoms with Crippen molar-refractivity contribution < 1.29 is 14.7 Å². The van der Waals surface area contributed by atoms with Crippen molar-refractivity contribution in [2.75, 3.05) is 6.54 Å². The molecule has 0 aliphatic carbocycles. The summed E-state index contributed by atoms with van der Waals surface area (Å²) in [6, 6.07) is 6.38. The van der Waals surface area contributed by atoms with Gasteiger partial charge in [-0.15, -0.1) is 23.7 Å². The molecule has 2 heterocycles. The van der Waals surface area contributed by atoms with E-state index in [0.717, 1.165) is 16.0 Å². The number of nitrogens with zero attached hydrogens (tertiary/aromatic N) is 2. The van der Waals surface area contributed by atoms with Crippen molar-refractivity contribution in [3.05, 3.63) is 41.5 Å². The molecule has 1 aliphatic rings. The third-order valence-corrected chi connectivity index (χ3v) is 5.77. The fourth-order valence-corrected chi connectivity index (χ4v) is 3.77. The van der Waals surface area contributed by atoms with Crippen LogP contribution in [0.25, 0.3) is 10.4 Å². The lowest BCUT2D eigenvalue weighted by molar-refractivity contribution is -0.148. The Balaban J connectivity index is 0.00000300. The minimum atomic E-state index is -0.758. The number of benzene rings is 1. The number of carbonyl (C=O) groups is 2. The summed E-state index contributed by atoms with van der Waals surface area (Å²) in [7, 11) is 0. The number of nitrogens with two attached hydrogens (primary N) is 1. The van der Waals surface area contributed by atoms with E-state index < -0.39 is 24.1 Å². The highest BCUT2D eigenvalue weighted by Crippen LogP contribution is 2.24. The summed E-state index contributed by atoms with van der Waals surface area (Å²) in [6.45, 7) is 4.20. The number of β-amino-alcohol motifs (C(OH)–C–C–N with tert-alkyl or cyclic N) is 1. The fraction of sp³-hybridized carbons (Fsp3) is 0.450. The number of aliphatic hydroxyl groups is 1. The van der Waals surface area contributed by atoms with Crippen molar-refractivity contribution in [2.45, 2.75) is 45.0 Å². The van der Waals surface area contributed by atoms with Gasteiger partial charge in [-0.1, -0.05) is 38.1 Å². The van der Waals surface area contributed by atoms with Gasteiger partial charge in [0.2, 0.25) is 11.8 Å². The van der Waals surface area contributed by atoms with Crippen LogP contribution < -0.4 is 11.1 Å². The maximum absolute atomic E-state index is 13.0. The monoisotopic (exact) mass is 438 g/mol. The van der Waals surface area contributed by atoms with E-state index in [1.165, 1.54) is 4.90 Å². The molecule has 9 heteroatoms. The van der Waals surface area contributed by atoms with Crippen molar-refractivity contribution in [3.8, 4) is 10.4 Å². The number of imide groups is 1. The van der Waals surface area contributed by atoms with Gasteiger partial charge in [-0.3, -0.25) is 19.5 Å². The highest BCUT2D eigenvalue weighted by atomic mass is 35.5. The van der Waals surface area contributed by atoms with Gasteiger partial charge in [-0.05, 0) is 23.5 Å². The number of aromatic nitrogens is 1. The Kier molecular flexibility index (Phi) is 8.30. The quantitative estimate of drug-likeness (QED) is 0.634. The maximum Gasteiger partial charge on any atom is 0.246 e. The largest absolute Gasteiger partial charge is 0.392 e. The normalized spacial score (nSPS) is 19.6. The van der Waals surface area contributed by atoms with Crippen molar-refractivity contribution in [2.24, 2.45) is 11.7 Å². The van der Waals surface area contributed by atoms with E-state index in [4.69, 9.17) is 5.73 Å². The highest BCUT2D eigenvalue weighted by Gasteiger charge is 2.36. The Bertz CT molecular complexity index is 814. The summed E-state index contributed by atoms with van der Waals surface area (Å²) in [5.41, 5.74) is 9.70. The molecular weight excluding hydrogens is 412 g/mol. The first-order valence-corrected chi connectivity index (χ1v) is 10.2. The van der Waals surface area contributed by atoms with Gasteiger partial charge in [0.15, 0.2) is 0 Å². The predicted octanol–water partition coefficient (Wildman–Crippen LogP) is 1.79. The molecule has 29 heavy (non-hydrogen) atoms. The first-order chi connectivity index (χ1) is 13.4. The molecule has 4 N–H and O–H groups in total.